The van der Waals surface area contributed by atoms with Crippen LogP contribution in [-0.4, -0.2) is 51.4 Å². The zero-order valence-corrected chi connectivity index (χ0v) is 16.0. The average Bonchev–Trinajstić information content (AvgIpc) is 3.41. The van der Waals surface area contributed by atoms with Gasteiger partial charge in [0.1, 0.15) is 18.2 Å². The minimum Gasteiger partial charge on any atom is -0.325 e. The maximum absolute atomic E-state index is 13.1. The second-order valence-electron chi connectivity index (χ2n) is 6.52. The third-order valence-corrected chi connectivity index (χ3v) is 6.60. The van der Waals surface area contributed by atoms with Gasteiger partial charge in [0.05, 0.1) is 10.6 Å². The van der Waals surface area contributed by atoms with E-state index >= 15 is 0 Å². The zero-order chi connectivity index (χ0) is 20.4. The summed E-state index contributed by atoms with van der Waals surface area (Å²) in [7, 11) is -3.90. The molecule has 3 aromatic rings. The molecule has 1 saturated heterocycles. The number of halogens is 1. The van der Waals surface area contributed by atoms with E-state index in [-0.39, 0.29) is 11.4 Å². The number of amides is 1. The molecule has 0 saturated carbocycles. The number of sulfonamides is 1. The van der Waals surface area contributed by atoms with Crippen LogP contribution in [0.3, 0.4) is 0 Å². The van der Waals surface area contributed by atoms with Crippen LogP contribution < -0.4 is 5.32 Å². The summed E-state index contributed by atoms with van der Waals surface area (Å²) in [4.78, 5) is 12.7. The summed E-state index contributed by atoms with van der Waals surface area (Å²) in [5, 5.41) is 13.7. The highest BCUT2D eigenvalue weighted by Gasteiger charge is 2.39. The molecule has 0 radical (unpaired) electrons. The van der Waals surface area contributed by atoms with E-state index < -0.39 is 27.8 Å². The van der Waals surface area contributed by atoms with Crippen LogP contribution in [0.2, 0.25) is 0 Å². The number of nitrogens with zero attached hydrogens (tertiary/aromatic N) is 5. The number of carbonyl (C=O) groups excluding carboxylic acids is 1. The quantitative estimate of drug-likeness (QED) is 0.676. The summed E-state index contributed by atoms with van der Waals surface area (Å²) in [6.45, 7) is 0.232. The second kappa shape index (κ2) is 7.68. The number of anilines is 1. The monoisotopic (exact) mass is 416 g/mol. The van der Waals surface area contributed by atoms with Crippen molar-refractivity contribution in [1.82, 2.24) is 24.5 Å². The molecule has 1 amide bonds. The minimum absolute atomic E-state index is 0.0376. The van der Waals surface area contributed by atoms with Crippen LogP contribution in [0.4, 0.5) is 10.1 Å². The first-order valence-electron chi connectivity index (χ1n) is 8.87. The Kier molecular flexibility index (Phi) is 5.07. The van der Waals surface area contributed by atoms with E-state index in [1.165, 1.54) is 27.4 Å². The molecule has 1 aliphatic rings. The van der Waals surface area contributed by atoms with Crippen molar-refractivity contribution in [3.8, 4) is 5.69 Å². The van der Waals surface area contributed by atoms with Crippen LogP contribution >= 0.6 is 0 Å². The Balaban J connectivity index is 1.50. The van der Waals surface area contributed by atoms with Crippen molar-refractivity contribution in [3.05, 3.63) is 60.7 Å². The van der Waals surface area contributed by atoms with E-state index in [4.69, 9.17) is 0 Å². The Morgan fingerprint density at radius 1 is 1.10 bits per heavy atom. The minimum atomic E-state index is -3.90. The molecule has 1 N–H and O–H groups in total. The van der Waals surface area contributed by atoms with Crippen molar-refractivity contribution in [2.75, 3.05) is 11.9 Å². The molecule has 9 nitrogen and oxygen atoms in total. The second-order valence-corrected chi connectivity index (χ2v) is 8.41. The van der Waals surface area contributed by atoms with Crippen LogP contribution in [0.1, 0.15) is 12.8 Å². The molecule has 2 aromatic carbocycles. The lowest BCUT2D eigenvalue weighted by Crippen LogP contribution is -2.43. The van der Waals surface area contributed by atoms with Gasteiger partial charge in [-0.3, -0.25) is 4.79 Å². The van der Waals surface area contributed by atoms with Gasteiger partial charge in [-0.15, -0.1) is 5.10 Å². The maximum atomic E-state index is 13.1. The smallest absolute Gasteiger partial charge is 0.243 e. The summed E-state index contributed by atoms with van der Waals surface area (Å²) in [6.07, 6.45) is 2.43. The van der Waals surface area contributed by atoms with Crippen molar-refractivity contribution >= 4 is 21.6 Å². The van der Waals surface area contributed by atoms with Crippen molar-refractivity contribution < 1.29 is 17.6 Å². The first-order chi connectivity index (χ1) is 13.9. The van der Waals surface area contributed by atoms with Crippen LogP contribution in [-0.2, 0) is 14.8 Å². The standard InChI is InChI=1S/C18H17FN6O3S/c19-13-3-9-16(10-4-13)29(27,28)25-11-1-2-17(25)18(26)21-14-5-7-15(8-6-14)24-12-20-22-23-24/h3-10,12,17H,1-2,11H2,(H,21,26)/t17-/m1/s1. The van der Waals surface area contributed by atoms with Gasteiger partial charge < -0.3 is 5.32 Å². The molecule has 1 fully saturated rings. The van der Waals surface area contributed by atoms with Crippen molar-refractivity contribution in [2.45, 2.75) is 23.8 Å². The normalized spacial score (nSPS) is 17.3. The first-order valence-corrected chi connectivity index (χ1v) is 10.3. The van der Waals surface area contributed by atoms with Gasteiger partial charge in [-0.1, -0.05) is 0 Å². The fourth-order valence-electron chi connectivity index (χ4n) is 3.23. The summed E-state index contributed by atoms with van der Waals surface area (Å²) in [5.41, 5.74) is 1.24. The molecular formula is C18H17FN6O3S. The van der Waals surface area contributed by atoms with E-state index in [2.05, 4.69) is 20.8 Å². The van der Waals surface area contributed by atoms with Gasteiger partial charge in [-0.2, -0.15) is 4.31 Å². The highest BCUT2D eigenvalue weighted by molar-refractivity contribution is 7.89. The highest BCUT2D eigenvalue weighted by Crippen LogP contribution is 2.27. The third-order valence-electron chi connectivity index (χ3n) is 4.67. The van der Waals surface area contributed by atoms with Gasteiger partial charge >= 0.3 is 0 Å². The largest absolute Gasteiger partial charge is 0.325 e. The molecule has 2 heterocycles. The highest BCUT2D eigenvalue weighted by atomic mass is 32.2. The van der Waals surface area contributed by atoms with Crippen LogP contribution in [0.25, 0.3) is 5.69 Å². The number of rotatable bonds is 5. The molecule has 0 spiro atoms. The van der Waals surface area contributed by atoms with Crippen LogP contribution in [0.15, 0.2) is 59.8 Å². The summed E-state index contributed by atoms with van der Waals surface area (Å²) in [5.74, 6) is -0.937. The molecule has 0 unspecified atom stereocenters. The van der Waals surface area contributed by atoms with Gasteiger partial charge in [-0.25, -0.2) is 17.5 Å². The van der Waals surface area contributed by atoms with Gasteiger partial charge in [0.15, 0.2) is 0 Å². The molecule has 29 heavy (non-hydrogen) atoms. The SMILES string of the molecule is O=C(Nc1ccc(-n2cnnn2)cc1)[C@H]1CCCN1S(=O)(=O)c1ccc(F)cc1. The first kappa shape index (κ1) is 19.2. The lowest BCUT2D eigenvalue weighted by atomic mass is 10.2. The van der Waals surface area contributed by atoms with Gasteiger partial charge in [0.2, 0.25) is 15.9 Å². The van der Waals surface area contributed by atoms with E-state index in [1.807, 2.05) is 0 Å². The van der Waals surface area contributed by atoms with Crippen molar-refractivity contribution in [1.29, 1.82) is 0 Å². The van der Waals surface area contributed by atoms with Gasteiger partial charge in [0.25, 0.3) is 0 Å². The molecule has 1 atom stereocenters. The molecule has 150 valence electrons. The molecular weight excluding hydrogens is 399 g/mol. The summed E-state index contributed by atoms with van der Waals surface area (Å²) >= 11 is 0. The van der Waals surface area contributed by atoms with Crippen LogP contribution in [0.5, 0.6) is 0 Å². The third kappa shape index (κ3) is 3.87. The van der Waals surface area contributed by atoms with E-state index in [9.17, 15) is 17.6 Å². The predicted molar refractivity (Wildman–Crippen MR) is 101 cm³/mol. The molecule has 4 rings (SSSR count). The van der Waals surface area contributed by atoms with Crippen molar-refractivity contribution in [3.63, 3.8) is 0 Å². The Labute approximate surface area is 166 Å². The molecule has 1 aliphatic heterocycles. The Bertz CT molecular complexity index is 1100. The van der Waals surface area contributed by atoms with Gasteiger partial charge in [0, 0.05) is 12.2 Å². The Hall–Kier alpha value is -3.18. The van der Waals surface area contributed by atoms with E-state index in [0.29, 0.717) is 18.5 Å². The molecule has 1 aromatic heterocycles. The summed E-state index contributed by atoms with van der Waals surface area (Å²) < 4.78 is 41.6. The number of aromatic nitrogens is 4. The van der Waals surface area contributed by atoms with E-state index in [0.717, 1.165) is 17.8 Å². The predicted octanol–water partition coefficient (Wildman–Crippen LogP) is 1.59. The number of carbonyl (C=O) groups is 1. The fraction of sp³-hybridized carbons (Fsp3) is 0.222. The number of hydrogen-bond donors (Lipinski definition) is 1. The Morgan fingerprint density at radius 3 is 2.48 bits per heavy atom. The maximum Gasteiger partial charge on any atom is 0.243 e. The molecule has 11 heteroatoms. The molecule has 0 bridgehead atoms. The van der Waals surface area contributed by atoms with E-state index in [1.54, 1.807) is 24.3 Å². The summed E-state index contributed by atoms with van der Waals surface area (Å²) in [6, 6.07) is 10.6. The molecule has 0 aliphatic carbocycles. The number of tetrazole rings is 1. The van der Waals surface area contributed by atoms with Crippen molar-refractivity contribution in [2.24, 2.45) is 0 Å². The topological polar surface area (TPSA) is 110 Å². The number of benzene rings is 2. The van der Waals surface area contributed by atoms with Gasteiger partial charge in [-0.05, 0) is 71.8 Å². The lowest BCUT2D eigenvalue weighted by Gasteiger charge is -2.23. The zero-order valence-electron chi connectivity index (χ0n) is 15.1. The lowest BCUT2D eigenvalue weighted by molar-refractivity contribution is -0.119. The number of nitrogens with one attached hydrogen (secondary N) is 1. The fourth-order valence-corrected chi connectivity index (χ4v) is 4.89. The van der Waals surface area contributed by atoms with Crippen LogP contribution in [0, 0.1) is 5.82 Å². The number of hydrogen-bond acceptors (Lipinski definition) is 6. The Morgan fingerprint density at radius 2 is 1.83 bits per heavy atom. The average molecular weight is 416 g/mol.